The number of hydrogen-bond donors (Lipinski definition) is 1. The van der Waals surface area contributed by atoms with Crippen LogP contribution < -0.4 is 4.90 Å². The van der Waals surface area contributed by atoms with Gasteiger partial charge in [0.15, 0.2) is 5.11 Å². The fraction of sp³-hybridized carbons (Fsp3) is 0.0588. The van der Waals surface area contributed by atoms with Crippen LogP contribution in [0.5, 0.6) is 5.75 Å². The number of carbonyl (C=O) groups excluding carboxylic acids is 1. The number of anilines is 1. The van der Waals surface area contributed by atoms with E-state index in [4.69, 9.17) is 12.2 Å². The lowest BCUT2D eigenvalue weighted by molar-refractivity contribution is -0.114. The summed E-state index contributed by atoms with van der Waals surface area (Å²) in [6.45, 7) is 0. The van der Waals surface area contributed by atoms with Gasteiger partial charge in [0.2, 0.25) is 0 Å². The monoisotopic (exact) mass is 388 g/mol. The highest BCUT2D eigenvalue weighted by Gasteiger charge is 2.36. The van der Waals surface area contributed by atoms with Crippen molar-refractivity contribution in [1.29, 1.82) is 0 Å². The van der Waals surface area contributed by atoms with E-state index in [1.54, 1.807) is 36.2 Å². The molecule has 0 spiro atoms. The van der Waals surface area contributed by atoms with Crippen molar-refractivity contribution < 1.29 is 9.90 Å². The van der Waals surface area contributed by atoms with Gasteiger partial charge in [0, 0.05) is 17.1 Å². The summed E-state index contributed by atoms with van der Waals surface area (Å²) in [6, 6.07) is 14.3. The van der Waals surface area contributed by atoms with Crippen molar-refractivity contribution >= 4 is 50.9 Å². The van der Waals surface area contributed by atoms with Gasteiger partial charge in [-0.25, -0.2) is 0 Å². The van der Waals surface area contributed by atoms with E-state index in [9.17, 15) is 9.90 Å². The first-order valence-corrected chi connectivity index (χ1v) is 8.06. The van der Waals surface area contributed by atoms with Crippen LogP contribution in [0, 0.1) is 0 Å². The topological polar surface area (TPSA) is 43.8 Å². The average molecular weight is 389 g/mol. The molecule has 0 bridgehead atoms. The van der Waals surface area contributed by atoms with Crippen molar-refractivity contribution in [1.82, 2.24) is 4.90 Å². The molecule has 2 aromatic carbocycles. The summed E-state index contributed by atoms with van der Waals surface area (Å²) >= 11 is 8.75. The number of thiocarbonyl (C=S) groups is 1. The summed E-state index contributed by atoms with van der Waals surface area (Å²) in [5.41, 5.74) is 1.68. The summed E-state index contributed by atoms with van der Waals surface area (Å²) in [5.74, 6) is -0.117. The third-order valence-corrected chi connectivity index (χ3v) is 4.51. The third kappa shape index (κ3) is 2.87. The first-order valence-electron chi connectivity index (χ1n) is 6.86. The Morgan fingerprint density at radius 2 is 1.87 bits per heavy atom. The summed E-state index contributed by atoms with van der Waals surface area (Å²) < 4.78 is 0.817. The second-order valence-corrected chi connectivity index (χ2v) is 6.33. The van der Waals surface area contributed by atoms with Crippen LogP contribution in [0.15, 0.2) is 58.7 Å². The van der Waals surface area contributed by atoms with Crippen molar-refractivity contribution in [2.45, 2.75) is 0 Å². The van der Waals surface area contributed by atoms with Gasteiger partial charge in [-0.1, -0.05) is 34.1 Å². The summed E-state index contributed by atoms with van der Waals surface area (Å²) in [4.78, 5) is 15.9. The molecule has 1 amide bonds. The minimum atomic E-state index is -0.219. The Morgan fingerprint density at radius 3 is 2.57 bits per heavy atom. The maximum absolute atomic E-state index is 12.8. The second-order valence-electron chi connectivity index (χ2n) is 5.05. The molecule has 0 aromatic heterocycles. The first-order chi connectivity index (χ1) is 11.0. The van der Waals surface area contributed by atoms with E-state index in [2.05, 4.69) is 15.9 Å². The Bertz CT molecular complexity index is 821. The number of benzene rings is 2. The number of phenolic OH excluding ortho intramolecular Hbond substituents is 1. The van der Waals surface area contributed by atoms with Crippen LogP contribution in [0.25, 0.3) is 6.08 Å². The van der Waals surface area contributed by atoms with E-state index in [-0.39, 0.29) is 11.7 Å². The standard InChI is InChI=1S/C17H13BrN2O2S/c1-19-14(10-11-9-12(18)7-8-15(11)21)16(22)20(17(19)23)13-5-3-2-4-6-13/h2-10,21H,1H3/b14-10-. The van der Waals surface area contributed by atoms with E-state index in [0.29, 0.717) is 16.4 Å². The minimum Gasteiger partial charge on any atom is -0.507 e. The van der Waals surface area contributed by atoms with Gasteiger partial charge in [-0.05, 0) is 48.6 Å². The molecule has 6 heteroatoms. The number of para-hydroxylation sites is 1. The molecule has 116 valence electrons. The SMILES string of the molecule is CN1C(=S)N(c2ccccc2)C(=O)/C1=C/c1cc(Br)ccc1O. The maximum Gasteiger partial charge on any atom is 0.281 e. The van der Waals surface area contributed by atoms with Gasteiger partial charge >= 0.3 is 0 Å². The number of carbonyl (C=O) groups is 1. The largest absolute Gasteiger partial charge is 0.507 e. The van der Waals surface area contributed by atoms with Crippen molar-refractivity contribution in [2.75, 3.05) is 11.9 Å². The molecule has 3 rings (SSSR count). The Hall–Kier alpha value is -2.18. The average Bonchev–Trinajstić information content (AvgIpc) is 2.75. The smallest absolute Gasteiger partial charge is 0.281 e. The fourth-order valence-electron chi connectivity index (χ4n) is 2.35. The number of halogens is 1. The van der Waals surface area contributed by atoms with Gasteiger partial charge in [-0.2, -0.15) is 0 Å². The highest BCUT2D eigenvalue weighted by atomic mass is 79.9. The molecule has 1 fully saturated rings. The molecule has 0 unspecified atom stereocenters. The maximum atomic E-state index is 12.8. The lowest BCUT2D eigenvalue weighted by Crippen LogP contribution is -2.30. The number of rotatable bonds is 2. The molecule has 4 nitrogen and oxygen atoms in total. The molecule has 23 heavy (non-hydrogen) atoms. The van der Waals surface area contributed by atoms with Gasteiger partial charge in [0.1, 0.15) is 11.4 Å². The summed E-state index contributed by atoms with van der Waals surface area (Å²) in [6.07, 6.45) is 1.64. The zero-order valence-corrected chi connectivity index (χ0v) is 14.6. The number of aromatic hydroxyl groups is 1. The van der Waals surface area contributed by atoms with Crippen LogP contribution >= 0.6 is 28.1 Å². The summed E-state index contributed by atoms with van der Waals surface area (Å²) in [7, 11) is 1.74. The van der Waals surface area contributed by atoms with Crippen LogP contribution in [-0.2, 0) is 4.79 Å². The Morgan fingerprint density at radius 1 is 1.17 bits per heavy atom. The van der Waals surface area contributed by atoms with Crippen LogP contribution in [0.2, 0.25) is 0 Å². The zero-order valence-electron chi connectivity index (χ0n) is 12.2. The Kier molecular flexibility index (Phi) is 4.19. The quantitative estimate of drug-likeness (QED) is 0.628. The molecule has 0 radical (unpaired) electrons. The number of amides is 1. The van der Waals surface area contributed by atoms with Crippen LogP contribution in [-0.4, -0.2) is 28.1 Å². The first kappa shape index (κ1) is 15.7. The Labute approximate surface area is 147 Å². The molecule has 1 saturated heterocycles. The van der Waals surface area contributed by atoms with Gasteiger partial charge in [-0.3, -0.25) is 9.69 Å². The van der Waals surface area contributed by atoms with E-state index >= 15 is 0 Å². The molecule has 0 atom stereocenters. The molecule has 1 aliphatic rings. The van der Waals surface area contributed by atoms with Crippen molar-refractivity contribution in [3.8, 4) is 5.75 Å². The van der Waals surface area contributed by atoms with Gasteiger partial charge in [0.25, 0.3) is 5.91 Å². The highest BCUT2D eigenvalue weighted by molar-refractivity contribution is 9.10. The van der Waals surface area contributed by atoms with Crippen LogP contribution in [0.1, 0.15) is 5.56 Å². The molecule has 1 N–H and O–H groups in total. The highest BCUT2D eigenvalue weighted by Crippen LogP contribution is 2.30. The number of likely N-dealkylation sites (N-methyl/N-ethyl adjacent to an activating group) is 1. The zero-order chi connectivity index (χ0) is 16.6. The second kappa shape index (κ2) is 6.14. The third-order valence-electron chi connectivity index (χ3n) is 3.56. The molecule has 1 heterocycles. The van der Waals surface area contributed by atoms with Crippen LogP contribution in [0.3, 0.4) is 0 Å². The van der Waals surface area contributed by atoms with Gasteiger partial charge in [0.05, 0.1) is 5.69 Å². The molecule has 1 aliphatic heterocycles. The molecule has 2 aromatic rings. The lowest BCUT2D eigenvalue weighted by Gasteiger charge is -2.16. The predicted molar refractivity (Wildman–Crippen MR) is 98.1 cm³/mol. The fourth-order valence-corrected chi connectivity index (χ4v) is 3.01. The molecular weight excluding hydrogens is 376 g/mol. The van der Waals surface area contributed by atoms with E-state index in [1.807, 2.05) is 30.3 Å². The minimum absolute atomic E-state index is 0.103. The van der Waals surface area contributed by atoms with Gasteiger partial charge in [-0.15, -0.1) is 0 Å². The lowest BCUT2D eigenvalue weighted by atomic mass is 10.1. The van der Waals surface area contributed by atoms with E-state index < -0.39 is 0 Å². The number of hydrogen-bond acceptors (Lipinski definition) is 3. The number of nitrogens with zero attached hydrogens (tertiary/aromatic N) is 2. The van der Waals surface area contributed by atoms with E-state index in [1.165, 1.54) is 4.90 Å². The number of phenols is 1. The van der Waals surface area contributed by atoms with Crippen molar-refractivity contribution in [3.63, 3.8) is 0 Å². The molecule has 0 saturated carbocycles. The normalized spacial score (nSPS) is 16.5. The molecular formula is C17H13BrN2O2S. The Balaban J connectivity index is 2.04. The van der Waals surface area contributed by atoms with E-state index in [0.717, 1.165) is 10.2 Å². The predicted octanol–water partition coefficient (Wildman–Crippen LogP) is 3.76. The van der Waals surface area contributed by atoms with Crippen LogP contribution in [0.4, 0.5) is 5.69 Å². The van der Waals surface area contributed by atoms with Crippen molar-refractivity contribution in [3.05, 3.63) is 64.3 Å². The van der Waals surface area contributed by atoms with Crippen molar-refractivity contribution in [2.24, 2.45) is 0 Å². The molecule has 0 aliphatic carbocycles. The van der Waals surface area contributed by atoms with Gasteiger partial charge < -0.3 is 10.0 Å². The summed E-state index contributed by atoms with van der Waals surface area (Å²) in [5, 5.41) is 10.4.